The van der Waals surface area contributed by atoms with Crippen LogP contribution in [0.2, 0.25) is 0 Å². The topological polar surface area (TPSA) is 49.3 Å². The maximum absolute atomic E-state index is 12.5. The summed E-state index contributed by atoms with van der Waals surface area (Å²) >= 11 is 0. The Morgan fingerprint density at radius 1 is 1.41 bits per heavy atom. The van der Waals surface area contributed by atoms with Crippen LogP contribution in [0.25, 0.3) is 0 Å². The van der Waals surface area contributed by atoms with Gasteiger partial charge in [-0.2, -0.15) is 0 Å². The first-order valence-corrected chi connectivity index (χ1v) is 8.16. The van der Waals surface area contributed by atoms with Crippen molar-refractivity contribution in [3.8, 4) is 0 Å². The van der Waals surface area contributed by atoms with Crippen LogP contribution < -0.4 is 4.90 Å². The van der Waals surface area contributed by atoms with Crippen LogP contribution in [-0.2, 0) is 11.2 Å². The van der Waals surface area contributed by atoms with E-state index < -0.39 is 0 Å². The van der Waals surface area contributed by atoms with E-state index in [1.165, 1.54) is 0 Å². The van der Waals surface area contributed by atoms with Crippen LogP contribution in [0.1, 0.15) is 46.2 Å². The monoisotopic (exact) mass is 304 g/mol. The highest BCUT2D eigenvalue weighted by atomic mass is 16.2. The second-order valence-corrected chi connectivity index (χ2v) is 7.13. The van der Waals surface area contributed by atoms with Gasteiger partial charge in [0, 0.05) is 43.4 Å². The summed E-state index contributed by atoms with van der Waals surface area (Å²) in [5.74, 6) is 1.18. The molecule has 0 N–H and O–H groups in total. The predicted octanol–water partition coefficient (Wildman–Crippen LogP) is 2.51. The minimum Gasteiger partial charge on any atom is -0.354 e. The number of nitrogens with zero attached hydrogens (tertiary/aromatic N) is 4. The lowest BCUT2D eigenvalue weighted by molar-refractivity contribution is -0.140. The number of carbonyl (C=O) groups is 1. The van der Waals surface area contributed by atoms with Crippen LogP contribution >= 0.6 is 0 Å². The van der Waals surface area contributed by atoms with Crippen molar-refractivity contribution in [3.63, 3.8) is 0 Å². The normalized spacial score (nSPS) is 19.1. The molecule has 22 heavy (non-hydrogen) atoms. The molecule has 1 amide bonds. The van der Waals surface area contributed by atoms with Crippen molar-refractivity contribution < 1.29 is 4.79 Å². The van der Waals surface area contributed by atoms with Gasteiger partial charge in [0.2, 0.25) is 5.91 Å². The maximum atomic E-state index is 12.5. The molecule has 0 aliphatic carbocycles. The van der Waals surface area contributed by atoms with E-state index in [4.69, 9.17) is 0 Å². The Bertz CT molecular complexity index is 524. The molecule has 1 unspecified atom stereocenters. The highest BCUT2D eigenvalue weighted by Crippen LogP contribution is 2.24. The number of rotatable bonds is 3. The standard InChI is InChI=1S/C17H28N4O/c1-6-13-10-15(19-12-18-13)21-9-7-8-14(11-21)20(5)16(22)17(2,3)4/h10,12,14H,6-9,11H2,1-5H3. The molecule has 1 atom stereocenters. The molecule has 2 rings (SSSR count). The molecule has 1 aromatic rings. The lowest BCUT2D eigenvalue weighted by Gasteiger charge is -2.40. The van der Waals surface area contributed by atoms with Gasteiger partial charge in [-0.3, -0.25) is 4.79 Å². The number of hydrogen-bond donors (Lipinski definition) is 0. The zero-order chi connectivity index (χ0) is 16.3. The van der Waals surface area contributed by atoms with E-state index in [1.54, 1.807) is 6.33 Å². The zero-order valence-corrected chi connectivity index (χ0v) is 14.5. The SMILES string of the molecule is CCc1cc(N2CCCC(N(C)C(=O)C(C)(C)C)C2)ncn1. The van der Waals surface area contributed by atoms with E-state index in [9.17, 15) is 4.79 Å². The lowest BCUT2D eigenvalue weighted by atomic mass is 9.93. The molecule has 0 radical (unpaired) electrons. The van der Waals surface area contributed by atoms with Gasteiger partial charge in [0.25, 0.3) is 0 Å². The van der Waals surface area contributed by atoms with Gasteiger partial charge in [-0.1, -0.05) is 27.7 Å². The predicted molar refractivity (Wildman–Crippen MR) is 88.9 cm³/mol. The van der Waals surface area contributed by atoms with Crippen molar-refractivity contribution in [2.45, 2.75) is 53.0 Å². The summed E-state index contributed by atoms with van der Waals surface area (Å²) in [6, 6.07) is 2.31. The molecule has 0 saturated carbocycles. The fourth-order valence-corrected chi connectivity index (χ4v) is 2.93. The van der Waals surface area contributed by atoms with Gasteiger partial charge >= 0.3 is 0 Å². The summed E-state index contributed by atoms with van der Waals surface area (Å²) in [5, 5.41) is 0. The van der Waals surface area contributed by atoms with Gasteiger partial charge in [-0.25, -0.2) is 9.97 Å². The van der Waals surface area contributed by atoms with Crippen molar-refractivity contribution in [3.05, 3.63) is 18.1 Å². The first-order valence-electron chi connectivity index (χ1n) is 8.16. The molecular weight excluding hydrogens is 276 g/mol. The second-order valence-electron chi connectivity index (χ2n) is 7.13. The summed E-state index contributed by atoms with van der Waals surface area (Å²) in [6.07, 6.45) is 4.69. The Morgan fingerprint density at radius 2 is 2.14 bits per heavy atom. The van der Waals surface area contributed by atoms with Gasteiger partial charge in [-0.15, -0.1) is 0 Å². The van der Waals surface area contributed by atoms with Gasteiger partial charge in [0.05, 0.1) is 0 Å². The van der Waals surface area contributed by atoms with Crippen LogP contribution in [0.3, 0.4) is 0 Å². The van der Waals surface area contributed by atoms with E-state index in [2.05, 4.69) is 27.9 Å². The third-order valence-corrected chi connectivity index (χ3v) is 4.30. The molecule has 0 spiro atoms. The van der Waals surface area contributed by atoms with E-state index in [-0.39, 0.29) is 17.4 Å². The Hall–Kier alpha value is -1.65. The molecular formula is C17H28N4O. The van der Waals surface area contributed by atoms with Gasteiger partial charge in [-0.05, 0) is 19.3 Å². The molecule has 5 heteroatoms. The summed E-state index contributed by atoms with van der Waals surface area (Å²) in [6.45, 7) is 9.87. The number of amides is 1. The molecule has 1 aliphatic heterocycles. The average molecular weight is 304 g/mol. The highest BCUT2D eigenvalue weighted by molar-refractivity contribution is 5.81. The third kappa shape index (κ3) is 3.76. The second kappa shape index (κ2) is 6.63. The van der Waals surface area contributed by atoms with Gasteiger partial charge in [0.15, 0.2) is 0 Å². The Morgan fingerprint density at radius 3 is 2.77 bits per heavy atom. The number of carbonyl (C=O) groups excluding carboxylic acids is 1. The molecule has 0 bridgehead atoms. The summed E-state index contributed by atoms with van der Waals surface area (Å²) in [5.41, 5.74) is 0.729. The number of piperidine rings is 1. The van der Waals surface area contributed by atoms with Crippen molar-refractivity contribution in [1.82, 2.24) is 14.9 Å². The Balaban J connectivity index is 2.10. The lowest BCUT2D eigenvalue weighted by Crippen LogP contribution is -2.51. The highest BCUT2D eigenvalue weighted by Gasteiger charge is 2.32. The quantitative estimate of drug-likeness (QED) is 0.861. The van der Waals surface area contributed by atoms with E-state index in [0.717, 1.165) is 43.9 Å². The number of likely N-dealkylation sites (N-methyl/N-ethyl adjacent to an activating group) is 1. The van der Waals surface area contributed by atoms with E-state index >= 15 is 0 Å². The van der Waals surface area contributed by atoms with Crippen molar-refractivity contribution >= 4 is 11.7 Å². The molecule has 5 nitrogen and oxygen atoms in total. The number of aryl methyl sites for hydroxylation is 1. The first-order chi connectivity index (χ1) is 10.3. The van der Waals surface area contributed by atoms with Crippen LogP contribution in [0.15, 0.2) is 12.4 Å². The van der Waals surface area contributed by atoms with Crippen LogP contribution in [0, 0.1) is 5.41 Å². The van der Waals surface area contributed by atoms with Crippen LogP contribution in [0.5, 0.6) is 0 Å². The van der Waals surface area contributed by atoms with Crippen LogP contribution in [-0.4, -0.2) is 47.0 Å². The maximum Gasteiger partial charge on any atom is 0.227 e. The van der Waals surface area contributed by atoms with Gasteiger partial charge in [0.1, 0.15) is 12.1 Å². The molecule has 2 heterocycles. The first kappa shape index (κ1) is 16.7. The largest absolute Gasteiger partial charge is 0.354 e. The van der Waals surface area contributed by atoms with Crippen molar-refractivity contribution in [2.75, 3.05) is 25.0 Å². The molecule has 122 valence electrons. The summed E-state index contributed by atoms with van der Waals surface area (Å²) in [7, 11) is 1.93. The molecule has 1 aliphatic rings. The Labute approximate surface area is 133 Å². The van der Waals surface area contributed by atoms with Crippen molar-refractivity contribution in [1.29, 1.82) is 0 Å². The number of anilines is 1. The fraction of sp³-hybridized carbons (Fsp3) is 0.706. The minimum atomic E-state index is -0.332. The summed E-state index contributed by atoms with van der Waals surface area (Å²) in [4.78, 5) is 25.4. The Kier molecular flexibility index (Phi) is 5.04. The third-order valence-electron chi connectivity index (χ3n) is 4.30. The van der Waals surface area contributed by atoms with Crippen molar-refractivity contribution in [2.24, 2.45) is 5.41 Å². The van der Waals surface area contributed by atoms with E-state index in [0.29, 0.717) is 0 Å². The van der Waals surface area contributed by atoms with Crippen LogP contribution in [0.4, 0.5) is 5.82 Å². The average Bonchev–Trinajstić information content (AvgIpc) is 2.52. The number of hydrogen-bond acceptors (Lipinski definition) is 4. The summed E-state index contributed by atoms with van der Waals surface area (Å²) < 4.78 is 0. The fourth-order valence-electron chi connectivity index (χ4n) is 2.93. The van der Waals surface area contributed by atoms with E-state index in [1.807, 2.05) is 32.7 Å². The number of aromatic nitrogens is 2. The molecule has 1 fully saturated rings. The van der Waals surface area contributed by atoms with Gasteiger partial charge < -0.3 is 9.80 Å². The molecule has 1 saturated heterocycles. The molecule has 1 aromatic heterocycles. The molecule has 0 aromatic carbocycles. The smallest absolute Gasteiger partial charge is 0.227 e. The zero-order valence-electron chi connectivity index (χ0n) is 14.5. The minimum absolute atomic E-state index is 0.205.